The molecule has 154 valence electrons. The van der Waals surface area contributed by atoms with Crippen molar-refractivity contribution in [2.75, 3.05) is 14.0 Å². The number of amides is 1. The van der Waals surface area contributed by atoms with E-state index in [1.54, 1.807) is 18.2 Å². The van der Waals surface area contributed by atoms with Crippen molar-refractivity contribution >= 4 is 11.9 Å². The summed E-state index contributed by atoms with van der Waals surface area (Å²) in [7, 11) is 1.24. The first kappa shape index (κ1) is 20.8. The Morgan fingerprint density at radius 2 is 1.97 bits per heavy atom. The zero-order valence-electron chi connectivity index (χ0n) is 15.8. The standard InChI is InChI=1S/C21H17F2N3O4/c1-29-21(28)14-5-7-17(25-11-14)20(27)26-19(16-4-2-3-9-24-16)13-6-8-18(30-12-22)15(23)10-13/h2-11,19H,12H2,1H3,(H,26,27)/t19-/m0/s1. The van der Waals surface area contributed by atoms with Gasteiger partial charge in [-0.05, 0) is 42.0 Å². The summed E-state index contributed by atoms with van der Waals surface area (Å²) in [4.78, 5) is 32.4. The number of methoxy groups -OCH3 is 1. The Hall–Kier alpha value is -3.88. The minimum Gasteiger partial charge on any atom is -0.465 e. The molecule has 9 heteroatoms. The van der Waals surface area contributed by atoms with E-state index in [0.717, 1.165) is 6.07 Å². The van der Waals surface area contributed by atoms with Crippen LogP contribution in [0.4, 0.5) is 8.78 Å². The molecule has 0 radical (unpaired) electrons. The number of pyridine rings is 2. The molecule has 3 aromatic rings. The molecule has 0 spiro atoms. The van der Waals surface area contributed by atoms with Crippen molar-refractivity contribution in [2.24, 2.45) is 0 Å². The molecular weight excluding hydrogens is 396 g/mol. The Bertz CT molecular complexity index is 1030. The van der Waals surface area contributed by atoms with Crippen molar-refractivity contribution in [1.29, 1.82) is 0 Å². The number of aromatic nitrogens is 2. The molecule has 0 aliphatic rings. The average molecular weight is 413 g/mol. The summed E-state index contributed by atoms with van der Waals surface area (Å²) in [5.41, 5.74) is 1.06. The van der Waals surface area contributed by atoms with E-state index < -0.39 is 30.6 Å². The third-order valence-electron chi connectivity index (χ3n) is 4.18. The first-order valence-electron chi connectivity index (χ1n) is 8.78. The molecule has 0 saturated heterocycles. The van der Waals surface area contributed by atoms with E-state index in [2.05, 4.69) is 24.8 Å². The van der Waals surface area contributed by atoms with Gasteiger partial charge in [-0.25, -0.2) is 13.6 Å². The number of hydrogen-bond donors (Lipinski definition) is 1. The van der Waals surface area contributed by atoms with Gasteiger partial charge in [-0.2, -0.15) is 0 Å². The van der Waals surface area contributed by atoms with Gasteiger partial charge in [0.05, 0.1) is 24.4 Å². The maximum absolute atomic E-state index is 14.2. The monoisotopic (exact) mass is 413 g/mol. The van der Waals surface area contributed by atoms with Crippen LogP contribution in [0.1, 0.15) is 38.1 Å². The van der Waals surface area contributed by atoms with E-state index in [1.807, 2.05) is 0 Å². The molecule has 30 heavy (non-hydrogen) atoms. The highest BCUT2D eigenvalue weighted by molar-refractivity contribution is 5.94. The fourth-order valence-corrected chi connectivity index (χ4v) is 2.72. The first-order chi connectivity index (χ1) is 14.5. The lowest BCUT2D eigenvalue weighted by molar-refractivity contribution is 0.0599. The summed E-state index contributed by atoms with van der Waals surface area (Å²) >= 11 is 0. The van der Waals surface area contributed by atoms with Gasteiger partial charge in [-0.15, -0.1) is 0 Å². The zero-order chi connectivity index (χ0) is 21.5. The molecule has 1 aromatic carbocycles. The Morgan fingerprint density at radius 1 is 1.13 bits per heavy atom. The summed E-state index contributed by atoms with van der Waals surface area (Å²) in [5.74, 6) is -2.16. The topological polar surface area (TPSA) is 90.4 Å². The summed E-state index contributed by atoms with van der Waals surface area (Å²) < 4.78 is 35.8. The molecule has 1 amide bonds. The predicted octanol–water partition coefficient (Wildman–Crippen LogP) is 3.23. The molecule has 0 aliphatic carbocycles. The maximum Gasteiger partial charge on any atom is 0.339 e. The van der Waals surface area contributed by atoms with Gasteiger partial charge in [-0.1, -0.05) is 12.1 Å². The normalized spacial score (nSPS) is 11.4. The zero-order valence-corrected chi connectivity index (χ0v) is 15.8. The van der Waals surface area contributed by atoms with E-state index in [-0.39, 0.29) is 17.0 Å². The van der Waals surface area contributed by atoms with Crippen LogP contribution in [0.5, 0.6) is 5.75 Å². The fraction of sp³-hybridized carbons (Fsp3) is 0.143. The van der Waals surface area contributed by atoms with Crippen molar-refractivity contribution in [3.05, 3.63) is 89.3 Å². The minimum atomic E-state index is -1.16. The van der Waals surface area contributed by atoms with Crippen LogP contribution in [0.2, 0.25) is 0 Å². The largest absolute Gasteiger partial charge is 0.465 e. The molecule has 0 bridgehead atoms. The van der Waals surface area contributed by atoms with Crippen molar-refractivity contribution < 1.29 is 27.8 Å². The van der Waals surface area contributed by atoms with Gasteiger partial charge in [0.1, 0.15) is 5.69 Å². The molecule has 1 N–H and O–H groups in total. The highest BCUT2D eigenvalue weighted by atomic mass is 19.1. The van der Waals surface area contributed by atoms with E-state index in [9.17, 15) is 18.4 Å². The summed E-state index contributed by atoms with van der Waals surface area (Å²) in [6.45, 7) is -1.16. The molecule has 0 fully saturated rings. The van der Waals surface area contributed by atoms with Gasteiger partial charge in [0.25, 0.3) is 5.91 Å². The number of carbonyl (C=O) groups is 2. The third-order valence-corrected chi connectivity index (χ3v) is 4.18. The summed E-state index contributed by atoms with van der Waals surface area (Å²) in [6.07, 6.45) is 2.76. The molecule has 7 nitrogen and oxygen atoms in total. The number of nitrogens with zero attached hydrogens (tertiary/aromatic N) is 2. The maximum atomic E-state index is 14.2. The minimum absolute atomic E-state index is 0.0430. The lowest BCUT2D eigenvalue weighted by Gasteiger charge is -2.19. The molecular formula is C21H17F2N3O4. The Balaban J connectivity index is 1.89. The van der Waals surface area contributed by atoms with Crippen LogP contribution < -0.4 is 10.1 Å². The Morgan fingerprint density at radius 3 is 2.57 bits per heavy atom. The smallest absolute Gasteiger partial charge is 0.339 e. The number of halogens is 2. The van der Waals surface area contributed by atoms with Crippen LogP contribution in [0.3, 0.4) is 0 Å². The molecule has 3 rings (SSSR count). The number of alkyl halides is 1. The van der Waals surface area contributed by atoms with Gasteiger partial charge in [0.15, 0.2) is 11.6 Å². The van der Waals surface area contributed by atoms with E-state index in [0.29, 0.717) is 11.3 Å². The van der Waals surface area contributed by atoms with Crippen LogP contribution in [0, 0.1) is 5.82 Å². The van der Waals surface area contributed by atoms with Crippen LogP contribution >= 0.6 is 0 Å². The second-order valence-electron chi connectivity index (χ2n) is 6.03. The van der Waals surface area contributed by atoms with E-state index in [1.165, 1.54) is 43.8 Å². The highest BCUT2D eigenvalue weighted by Crippen LogP contribution is 2.26. The van der Waals surface area contributed by atoms with Crippen molar-refractivity contribution in [1.82, 2.24) is 15.3 Å². The highest BCUT2D eigenvalue weighted by Gasteiger charge is 2.21. The molecule has 0 saturated carbocycles. The molecule has 0 aliphatic heterocycles. The van der Waals surface area contributed by atoms with Crippen LogP contribution in [-0.4, -0.2) is 35.8 Å². The second-order valence-corrected chi connectivity index (χ2v) is 6.03. The SMILES string of the molecule is COC(=O)c1ccc(C(=O)N[C@@H](c2ccc(OCF)c(F)c2)c2ccccn2)nc1. The van der Waals surface area contributed by atoms with Crippen molar-refractivity contribution in [2.45, 2.75) is 6.04 Å². The molecule has 1 atom stereocenters. The average Bonchev–Trinajstić information content (AvgIpc) is 2.79. The number of hydrogen-bond acceptors (Lipinski definition) is 6. The number of nitrogens with one attached hydrogen (secondary N) is 1. The molecule has 0 unspecified atom stereocenters. The van der Waals surface area contributed by atoms with Crippen LogP contribution in [-0.2, 0) is 4.74 Å². The Kier molecular flexibility index (Phi) is 6.63. The lowest BCUT2D eigenvalue weighted by atomic mass is 10.0. The molecule has 2 aromatic heterocycles. The third kappa shape index (κ3) is 4.75. The Labute approximate surface area is 170 Å². The fourth-order valence-electron chi connectivity index (χ4n) is 2.72. The quantitative estimate of drug-likeness (QED) is 0.598. The number of rotatable bonds is 7. The van der Waals surface area contributed by atoms with Gasteiger partial charge >= 0.3 is 5.97 Å². The van der Waals surface area contributed by atoms with Gasteiger partial charge < -0.3 is 14.8 Å². The summed E-state index contributed by atoms with van der Waals surface area (Å²) in [5, 5.41) is 2.75. The van der Waals surface area contributed by atoms with Gasteiger partial charge in [-0.3, -0.25) is 14.8 Å². The molecule has 2 heterocycles. The first-order valence-corrected chi connectivity index (χ1v) is 8.78. The number of benzene rings is 1. The number of carbonyl (C=O) groups excluding carboxylic acids is 2. The number of ether oxygens (including phenoxy) is 2. The lowest BCUT2D eigenvalue weighted by Crippen LogP contribution is -2.30. The summed E-state index contributed by atoms with van der Waals surface area (Å²) in [6, 6.07) is 11.0. The van der Waals surface area contributed by atoms with Crippen molar-refractivity contribution in [3.8, 4) is 5.75 Å². The van der Waals surface area contributed by atoms with E-state index in [4.69, 9.17) is 0 Å². The van der Waals surface area contributed by atoms with Crippen molar-refractivity contribution in [3.63, 3.8) is 0 Å². The second kappa shape index (κ2) is 9.55. The van der Waals surface area contributed by atoms with Gasteiger partial charge in [0, 0.05) is 12.4 Å². The van der Waals surface area contributed by atoms with Crippen LogP contribution in [0.25, 0.3) is 0 Å². The predicted molar refractivity (Wildman–Crippen MR) is 102 cm³/mol. The number of esters is 1. The van der Waals surface area contributed by atoms with Gasteiger partial charge in [0.2, 0.25) is 6.86 Å². The van der Waals surface area contributed by atoms with Crippen LogP contribution in [0.15, 0.2) is 60.9 Å². The van der Waals surface area contributed by atoms with E-state index >= 15 is 0 Å².